The number of fused-ring (bicyclic) bond motifs is 2. The van der Waals surface area contributed by atoms with Gasteiger partial charge >= 0.3 is 0 Å². The molecule has 2 aromatic carbocycles. The monoisotopic (exact) mass is 385 g/mol. The first kappa shape index (κ1) is 17.8. The van der Waals surface area contributed by atoms with Crippen LogP contribution in [0.2, 0.25) is 0 Å². The maximum atomic E-state index is 14.2. The van der Waals surface area contributed by atoms with Crippen LogP contribution in [0.4, 0.5) is 4.39 Å². The van der Waals surface area contributed by atoms with Gasteiger partial charge in [-0.3, -0.25) is 4.79 Å². The fourth-order valence-electron chi connectivity index (χ4n) is 3.66. The molecule has 1 aliphatic heterocycles. The van der Waals surface area contributed by atoms with E-state index in [0.717, 1.165) is 27.8 Å². The average molecular weight is 385 g/mol. The second kappa shape index (κ2) is 6.85. The van der Waals surface area contributed by atoms with E-state index in [4.69, 9.17) is 9.47 Å². The quantitative estimate of drug-likeness (QED) is 0.663. The summed E-state index contributed by atoms with van der Waals surface area (Å²) in [6.07, 6.45) is 0.750. The van der Waals surface area contributed by atoms with Gasteiger partial charge in [0.1, 0.15) is 5.82 Å². The molecule has 0 saturated heterocycles. The normalized spacial score (nSPS) is 13.6. The molecule has 27 heavy (non-hydrogen) atoms. The lowest BCUT2D eigenvalue weighted by Gasteiger charge is -2.29. The van der Waals surface area contributed by atoms with Crippen LogP contribution in [0.1, 0.15) is 26.4 Å². The lowest BCUT2D eigenvalue weighted by Crippen LogP contribution is -2.35. The average Bonchev–Trinajstić information content (AvgIpc) is 3.03. The smallest absolute Gasteiger partial charge is 0.264 e. The molecule has 0 fully saturated rings. The standard InChI is InChI=1S/C21H20FNO3S/c1-12-19-15(22)5-4-6-18(19)27-20(12)21(24)23-8-7-13-9-16(25-2)17(26-3)10-14(13)11-23/h4-6,9-10H,7-8,11H2,1-3H3. The molecule has 0 aliphatic carbocycles. The number of hydrogen-bond acceptors (Lipinski definition) is 4. The molecule has 4 rings (SSSR count). The first-order valence-electron chi connectivity index (χ1n) is 8.74. The van der Waals surface area contributed by atoms with E-state index in [2.05, 4.69) is 0 Å². The van der Waals surface area contributed by atoms with Crippen molar-refractivity contribution in [2.75, 3.05) is 20.8 Å². The summed E-state index contributed by atoms with van der Waals surface area (Å²) >= 11 is 1.36. The number of amides is 1. The zero-order valence-corrected chi connectivity index (χ0v) is 16.3. The van der Waals surface area contributed by atoms with Gasteiger partial charge in [0.15, 0.2) is 11.5 Å². The molecule has 4 nitrogen and oxygen atoms in total. The van der Waals surface area contributed by atoms with Gasteiger partial charge < -0.3 is 14.4 Å². The molecule has 0 saturated carbocycles. The summed E-state index contributed by atoms with van der Waals surface area (Å²) in [6.45, 7) is 2.95. The molecular weight excluding hydrogens is 365 g/mol. The first-order chi connectivity index (χ1) is 13.0. The minimum absolute atomic E-state index is 0.0477. The Morgan fingerprint density at radius 2 is 1.85 bits per heavy atom. The van der Waals surface area contributed by atoms with Crippen LogP contribution in [-0.4, -0.2) is 31.6 Å². The van der Waals surface area contributed by atoms with Crippen LogP contribution in [-0.2, 0) is 13.0 Å². The molecule has 140 valence electrons. The van der Waals surface area contributed by atoms with Gasteiger partial charge in [0.2, 0.25) is 0 Å². The highest BCUT2D eigenvalue weighted by Gasteiger charge is 2.27. The SMILES string of the molecule is COc1cc2c(cc1OC)CN(C(=O)c1sc3cccc(F)c3c1C)CC2. The molecule has 0 atom stereocenters. The predicted molar refractivity (Wildman–Crippen MR) is 105 cm³/mol. The van der Waals surface area contributed by atoms with Crippen LogP contribution < -0.4 is 9.47 Å². The van der Waals surface area contributed by atoms with Crippen LogP contribution in [0.3, 0.4) is 0 Å². The third-order valence-electron chi connectivity index (χ3n) is 5.10. The highest BCUT2D eigenvalue weighted by atomic mass is 32.1. The molecule has 0 bridgehead atoms. The fourth-order valence-corrected chi connectivity index (χ4v) is 4.85. The van der Waals surface area contributed by atoms with E-state index in [9.17, 15) is 9.18 Å². The highest BCUT2D eigenvalue weighted by Crippen LogP contribution is 2.36. The maximum Gasteiger partial charge on any atom is 0.264 e. The Morgan fingerprint density at radius 3 is 2.52 bits per heavy atom. The number of methoxy groups -OCH3 is 2. The molecule has 1 amide bonds. The summed E-state index contributed by atoms with van der Waals surface area (Å²) in [7, 11) is 3.22. The highest BCUT2D eigenvalue weighted by molar-refractivity contribution is 7.21. The molecule has 0 spiro atoms. The second-order valence-corrected chi connectivity index (χ2v) is 7.67. The Bertz CT molecular complexity index is 1040. The Morgan fingerprint density at radius 1 is 1.15 bits per heavy atom. The van der Waals surface area contributed by atoms with Crippen molar-refractivity contribution in [3.63, 3.8) is 0 Å². The minimum atomic E-state index is -0.277. The zero-order chi connectivity index (χ0) is 19.1. The lowest BCUT2D eigenvalue weighted by atomic mass is 9.98. The second-order valence-electron chi connectivity index (χ2n) is 6.62. The summed E-state index contributed by atoms with van der Waals surface area (Å²) in [5.41, 5.74) is 2.93. The van der Waals surface area contributed by atoms with Crippen molar-refractivity contribution in [2.24, 2.45) is 0 Å². The molecule has 0 N–H and O–H groups in total. The lowest BCUT2D eigenvalue weighted by molar-refractivity contribution is 0.0739. The molecule has 0 unspecified atom stereocenters. The Kier molecular flexibility index (Phi) is 4.52. The first-order valence-corrected chi connectivity index (χ1v) is 9.55. The number of nitrogens with zero attached hydrogens (tertiary/aromatic N) is 1. The molecular formula is C21H20FNO3S. The van der Waals surface area contributed by atoms with Gasteiger partial charge in [0.05, 0.1) is 19.1 Å². The van der Waals surface area contributed by atoms with Gasteiger partial charge in [0.25, 0.3) is 5.91 Å². The molecule has 0 radical (unpaired) electrons. The number of halogens is 1. The van der Waals surface area contributed by atoms with Crippen molar-refractivity contribution in [2.45, 2.75) is 19.9 Å². The number of ether oxygens (including phenoxy) is 2. The molecule has 1 aliphatic rings. The van der Waals surface area contributed by atoms with E-state index < -0.39 is 0 Å². The largest absolute Gasteiger partial charge is 0.493 e. The van der Waals surface area contributed by atoms with Gasteiger partial charge in [0, 0.05) is 23.2 Å². The minimum Gasteiger partial charge on any atom is -0.493 e. The molecule has 2 heterocycles. The summed E-state index contributed by atoms with van der Waals surface area (Å²) in [4.78, 5) is 15.6. The van der Waals surface area contributed by atoms with E-state index in [1.807, 2.05) is 30.0 Å². The van der Waals surface area contributed by atoms with Crippen molar-refractivity contribution >= 4 is 27.3 Å². The van der Waals surface area contributed by atoms with E-state index in [-0.39, 0.29) is 11.7 Å². The van der Waals surface area contributed by atoms with Gasteiger partial charge in [-0.1, -0.05) is 6.07 Å². The topological polar surface area (TPSA) is 38.8 Å². The zero-order valence-electron chi connectivity index (χ0n) is 15.5. The van der Waals surface area contributed by atoms with E-state index in [1.165, 1.54) is 17.4 Å². The number of benzene rings is 2. The summed E-state index contributed by atoms with van der Waals surface area (Å²) in [6, 6.07) is 8.89. The number of aryl methyl sites for hydroxylation is 1. The van der Waals surface area contributed by atoms with Gasteiger partial charge in [-0.25, -0.2) is 4.39 Å². The summed E-state index contributed by atoms with van der Waals surface area (Å²) in [5.74, 6) is 1.03. The Labute approximate surface area is 161 Å². The van der Waals surface area contributed by atoms with Crippen molar-refractivity contribution in [3.05, 3.63) is 57.7 Å². The van der Waals surface area contributed by atoms with E-state index in [0.29, 0.717) is 34.9 Å². The number of rotatable bonds is 3. The van der Waals surface area contributed by atoms with Crippen LogP contribution in [0.25, 0.3) is 10.1 Å². The fraction of sp³-hybridized carbons (Fsp3) is 0.286. The third kappa shape index (κ3) is 2.94. The molecule has 6 heteroatoms. The van der Waals surface area contributed by atoms with Crippen LogP contribution in [0.5, 0.6) is 11.5 Å². The van der Waals surface area contributed by atoms with Gasteiger partial charge in [-0.2, -0.15) is 0 Å². The van der Waals surface area contributed by atoms with Crippen molar-refractivity contribution in [1.82, 2.24) is 4.90 Å². The van der Waals surface area contributed by atoms with Gasteiger partial charge in [-0.05, 0) is 54.3 Å². The van der Waals surface area contributed by atoms with Crippen LogP contribution >= 0.6 is 11.3 Å². The Balaban J connectivity index is 1.67. The molecule has 1 aromatic heterocycles. The van der Waals surface area contributed by atoms with Crippen molar-refractivity contribution < 1.29 is 18.7 Å². The predicted octanol–water partition coefficient (Wildman–Crippen LogP) is 4.56. The van der Waals surface area contributed by atoms with Crippen LogP contribution in [0.15, 0.2) is 30.3 Å². The number of carbonyl (C=O) groups is 1. The maximum absolute atomic E-state index is 14.2. The number of hydrogen-bond donors (Lipinski definition) is 0. The Hall–Kier alpha value is -2.60. The van der Waals surface area contributed by atoms with E-state index in [1.54, 1.807) is 20.3 Å². The van der Waals surface area contributed by atoms with Crippen LogP contribution in [0, 0.1) is 12.7 Å². The van der Waals surface area contributed by atoms with Crippen molar-refractivity contribution in [3.8, 4) is 11.5 Å². The summed E-state index contributed by atoms with van der Waals surface area (Å²) in [5, 5.41) is 0.551. The molecule has 3 aromatic rings. The number of thiophene rings is 1. The van der Waals surface area contributed by atoms with E-state index >= 15 is 0 Å². The third-order valence-corrected chi connectivity index (χ3v) is 6.35. The number of carbonyl (C=O) groups excluding carboxylic acids is 1. The van der Waals surface area contributed by atoms with Gasteiger partial charge in [-0.15, -0.1) is 11.3 Å². The van der Waals surface area contributed by atoms with Crippen molar-refractivity contribution in [1.29, 1.82) is 0 Å². The summed E-state index contributed by atoms with van der Waals surface area (Å²) < 4.78 is 25.7.